The Morgan fingerprint density at radius 2 is 1.70 bits per heavy atom. The molecule has 0 aromatic carbocycles. The smallest absolute Gasteiger partial charge is 0.327 e. The molecule has 168 valence electrons. The van der Waals surface area contributed by atoms with Gasteiger partial charge in [0.1, 0.15) is 11.1 Å². The molecule has 2 N–H and O–H groups in total. The van der Waals surface area contributed by atoms with Gasteiger partial charge in [-0.1, -0.05) is 0 Å². The van der Waals surface area contributed by atoms with E-state index in [9.17, 15) is 34.2 Å². The highest BCUT2D eigenvalue weighted by Gasteiger charge is 2.59. The second kappa shape index (κ2) is 7.55. The van der Waals surface area contributed by atoms with E-state index in [0.717, 1.165) is 4.90 Å². The zero-order chi connectivity index (χ0) is 23.2. The van der Waals surface area contributed by atoms with Crippen molar-refractivity contribution in [2.24, 2.45) is 17.3 Å². The van der Waals surface area contributed by atoms with Crippen LogP contribution in [0.5, 0.6) is 0 Å². The number of aliphatic carboxylic acids is 2. The first-order valence-electron chi connectivity index (χ1n) is 9.84. The van der Waals surface area contributed by atoms with Crippen LogP contribution in [-0.2, 0) is 23.9 Å². The maximum atomic E-state index is 13.1. The van der Waals surface area contributed by atoms with Gasteiger partial charge in [-0.15, -0.1) is 0 Å². The number of carbonyl (C=O) groups excluding carboxylic acids is 3. The van der Waals surface area contributed by atoms with E-state index in [1.807, 2.05) is 0 Å². The molecule has 2 rings (SSSR count). The zero-order valence-electron chi connectivity index (χ0n) is 18.2. The number of carboxylic acid groups (broad SMARTS) is 2. The number of carboxylic acids is 2. The van der Waals surface area contributed by atoms with Crippen molar-refractivity contribution >= 4 is 29.8 Å². The van der Waals surface area contributed by atoms with Gasteiger partial charge >= 0.3 is 23.9 Å². The Balaban J connectivity index is 2.52. The van der Waals surface area contributed by atoms with Crippen LogP contribution in [0.3, 0.4) is 0 Å². The minimum Gasteiger partial charge on any atom is -0.481 e. The molecule has 0 radical (unpaired) electrons. The third-order valence-corrected chi connectivity index (χ3v) is 5.83. The summed E-state index contributed by atoms with van der Waals surface area (Å²) in [5.74, 6) is -6.04. The number of ether oxygens (including phenoxy) is 1. The molecule has 2 fully saturated rings. The first-order valence-corrected chi connectivity index (χ1v) is 9.84. The van der Waals surface area contributed by atoms with Gasteiger partial charge in [-0.05, 0) is 59.8 Å². The lowest BCUT2D eigenvalue weighted by Gasteiger charge is -2.34. The summed E-state index contributed by atoms with van der Waals surface area (Å²) < 4.78 is 5.33. The van der Waals surface area contributed by atoms with E-state index in [2.05, 4.69) is 0 Å². The fourth-order valence-electron chi connectivity index (χ4n) is 3.55. The Morgan fingerprint density at radius 3 is 2.03 bits per heavy atom. The molecule has 10 heteroatoms. The molecular formula is C20H30N2O8. The Kier molecular flexibility index (Phi) is 5.95. The highest BCUT2D eigenvalue weighted by Crippen LogP contribution is 2.44. The van der Waals surface area contributed by atoms with Crippen molar-refractivity contribution in [2.75, 3.05) is 13.6 Å². The van der Waals surface area contributed by atoms with Crippen LogP contribution in [0.4, 0.5) is 4.79 Å². The van der Waals surface area contributed by atoms with Crippen molar-refractivity contribution in [1.82, 2.24) is 9.80 Å². The second-order valence-electron chi connectivity index (χ2n) is 9.67. The number of amides is 3. The summed E-state index contributed by atoms with van der Waals surface area (Å²) in [4.78, 5) is 64.7. The van der Waals surface area contributed by atoms with E-state index in [-0.39, 0.29) is 5.92 Å². The molecule has 30 heavy (non-hydrogen) atoms. The van der Waals surface area contributed by atoms with Crippen LogP contribution >= 0.6 is 0 Å². The van der Waals surface area contributed by atoms with Crippen LogP contribution in [0.2, 0.25) is 0 Å². The van der Waals surface area contributed by atoms with Gasteiger partial charge in [-0.25, -0.2) is 4.79 Å². The number of hydrogen-bond acceptors (Lipinski definition) is 6. The number of urea groups is 1. The summed E-state index contributed by atoms with van der Waals surface area (Å²) in [7, 11) is 1.40. The van der Waals surface area contributed by atoms with E-state index in [0.29, 0.717) is 17.7 Å². The molecule has 1 aliphatic heterocycles. The molecule has 0 aromatic rings. The minimum atomic E-state index is -2.40. The SMILES string of the molecule is CN1C(=O)N(C[C@](C[C@H](C(=O)O)C2CC2)(C(=O)O)C(=O)OC(C)(C)C)C(=O)C1(C)C. The summed E-state index contributed by atoms with van der Waals surface area (Å²) in [5, 5.41) is 19.7. The highest BCUT2D eigenvalue weighted by molar-refractivity contribution is 6.08. The molecular weight excluding hydrogens is 396 g/mol. The summed E-state index contributed by atoms with van der Waals surface area (Å²) in [5.41, 5.74) is -4.67. The highest BCUT2D eigenvalue weighted by atomic mass is 16.6. The Bertz CT molecular complexity index is 780. The number of rotatable bonds is 8. The van der Waals surface area contributed by atoms with E-state index in [1.165, 1.54) is 20.9 Å². The van der Waals surface area contributed by atoms with Crippen LogP contribution in [0.1, 0.15) is 53.9 Å². The Hall–Kier alpha value is -2.65. The lowest BCUT2D eigenvalue weighted by Crippen LogP contribution is -2.54. The molecule has 2 atom stereocenters. The summed E-state index contributed by atoms with van der Waals surface area (Å²) in [6, 6.07) is -0.752. The minimum absolute atomic E-state index is 0.257. The van der Waals surface area contributed by atoms with Gasteiger partial charge in [0.15, 0.2) is 5.41 Å². The molecule has 0 unspecified atom stereocenters. The molecule has 1 aliphatic carbocycles. The van der Waals surface area contributed by atoms with Crippen LogP contribution < -0.4 is 0 Å². The third-order valence-electron chi connectivity index (χ3n) is 5.83. The summed E-state index contributed by atoms with van der Waals surface area (Å²) in [6.07, 6.45) is 0.648. The van der Waals surface area contributed by atoms with Crippen molar-refractivity contribution in [3.63, 3.8) is 0 Å². The van der Waals surface area contributed by atoms with Crippen LogP contribution in [-0.4, -0.2) is 74.6 Å². The monoisotopic (exact) mass is 426 g/mol. The maximum Gasteiger partial charge on any atom is 0.327 e. The van der Waals surface area contributed by atoms with Crippen molar-refractivity contribution in [3.05, 3.63) is 0 Å². The first-order chi connectivity index (χ1) is 13.5. The topological polar surface area (TPSA) is 142 Å². The van der Waals surface area contributed by atoms with Gasteiger partial charge < -0.3 is 19.8 Å². The quantitative estimate of drug-likeness (QED) is 0.338. The number of carbonyl (C=O) groups is 5. The molecule has 1 heterocycles. The van der Waals surface area contributed by atoms with Gasteiger partial charge in [-0.2, -0.15) is 0 Å². The predicted molar refractivity (Wildman–Crippen MR) is 103 cm³/mol. The Labute approximate surface area is 175 Å². The van der Waals surface area contributed by atoms with Crippen molar-refractivity contribution in [2.45, 2.75) is 65.0 Å². The number of esters is 1. The number of hydrogen-bond donors (Lipinski definition) is 2. The number of imide groups is 1. The van der Waals surface area contributed by atoms with E-state index >= 15 is 0 Å². The van der Waals surface area contributed by atoms with Crippen LogP contribution in [0, 0.1) is 17.3 Å². The fraction of sp³-hybridized carbons (Fsp3) is 0.750. The standard InChI is InChI=1S/C20H30N2O8/c1-18(2,3)30-16(28)20(15(26)27,9-12(13(23)24)11-7-8-11)10-22-14(25)19(4,5)21(6)17(22)29/h11-12H,7-10H2,1-6H3,(H,23,24)(H,26,27)/t12-,20+/m0/s1. The third kappa shape index (κ3) is 4.27. The van der Waals surface area contributed by atoms with Crippen molar-refractivity contribution < 1.29 is 38.9 Å². The average Bonchev–Trinajstić information content (AvgIpc) is 3.40. The normalized spacial score (nSPS) is 21.9. The fourth-order valence-corrected chi connectivity index (χ4v) is 3.55. The molecule has 10 nitrogen and oxygen atoms in total. The van der Waals surface area contributed by atoms with Crippen molar-refractivity contribution in [3.8, 4) is 0 Å². The second-order valence-corrected chi connectivity index (χ2v) is 9.67. The van der Waals surface area contributed by atoms with Crippen molar-refractivity contribution in [1.29, 1.82) is 0 Å². The van der Waals surface area contributed by atoms with Gasteiger partial charge in [0.2, 0.25) is 0 Å². The largest absolute Gasteiger partial charge is 0.481 e. The molecule has 3 amide bonds. The van der Waals surface area contributed by atoms with Crippen LogP contribution in [0.15, 0.2) is 0 Å². The van der Waals surface area contributed by atoms with E-state index in [1.54, 1.807) is 20.8 Å². The first kappa shape index (κ1) is 23.6. The zero-order valence-corrected chi connectivity index (χ0v) is 18.2. The average molecular weight is 426 g/mol. The van der Waals surface area contributed by atoms with Crippen LogP contribution in [0.25, 0.3) is 0 Å². The molecule has 1 saturated carbocycles. The maximum absolute atomic E-state index is 13.1. The molecule has 0 spiro atoms. The molecule has 0 bridgehead atoms. The van der Waals surface area contributed by atoms with Gasteiger partial charge in [0.05, 0.1) is 12.5 Å². The van der Waals surface area contributed by atoms with Gasteiger partial charge in [0, 0.05) is 7.05 Å². The lowest BCUT2D eigenvalue weighted by atomic mass is 9.76. The van der Waals surface area contributed by atoms with E-state index < -0.39 is 65.3 Å². The van der Waals surface area contributed by atoms with Gasteiger partial charge in [0.25, 0.3) is 5.91 Å². The summed E-state index contributed by atoms with van der Waals surface area (Å²) >= 11 is 0. The summed E-state index contributed by atoms with van der Waals surface area (Å²) in [6.45, 7) is 6.88. The molecule has 0 aromatic heterocycles. The van der Waals surface area contributed by atoms with Gasteiger partial charge in [-0.3, -0.25) is 24.1 Å². The molecule has 1 saturated heterocycles. The predicted octanol–water partition coefficient (Wildman–Crippen LogP) is 1.57. The molecule has 2 aliphatic rings. The number of likely N-dealkylation sites (N-methyl/N-ethyl adjacent to an activating group) is 1. The number of nitrogens with zero attached hydrogens (tertiary/aromatic N) is 2. The Morgan fingerprint density at radius 1 is 1.17 bits per heavy atom. The lowest BCUT2D eigenvalue weighted by molar-refractivity contribution is -0.180. The van der Waals surface area contributed by atoms with E-state index in [4.69, 9.17) is 4.74 Å².